The molecule has 0 aliphatic carbocycles. The zero-order chi connectivity index (χ0) is 17.7. The van der Waals surface area contributed by atoms with Gasteiger partial charge in [-0.15, -0.1) is 0 Å². The summed E-state index contributed by atoms with van der Waals surface area (Å²) in [7, 11) is 0. The molecule has 2 aliphatic rings. The average Bonchev–Trinajstić information content (AvgIpc) is 3.06. The molecule has 2 saturated heterocycles. The third kappa shape index (κ3) is 3.96. The highest BCUT2D eigenvalue weighted by Crippen LogP contribution is 2.37. The Morgan fingerprint density at radius 3 is 2.83 bits per heavy atom. The molecule has 2 heterocycles. The predicted octanol–water partition coefficient (Wildman–Crippen LogP) is 1.50. The van der Waals surface area contributed by atoms with E-state index in [0.29, 0.717) is 17.7 Å². The second-order valence-corrected chi connectivity index (χ2v) is 6.04. The molecular weight excluding hydrogens is 330 g/mol. The Kier molecular flexibility index (Phi) is 6.39. The minimum Gasteiger partial charge on any atom is -0.462 e. The van der Waals surface area contributed by atoms with Crippen molar-refractivity contribution in [2.45, 2.75) is 19.4 Å². The van der Waals surface area contributed by atoms with Crippen molar-refractivity contribution in [3.8, 4) is 0 Å². The van der Waals surface area contributed by atoms with E-state index in [-0.39, 0.29) is 25.0 Å². The van der Waals surface area contributed by atoms with E-state index in [2.05, 4.69) is 19.2 Å². The van der Waals surface area contributed by atoms with E-state index in [1.807, 2.05) is 0 Å². The fraction of sp³-hybridized carbons (Fsp3) is 0.471. The van der Waals surface area contributed by atoms with Gasteiger partial charge in [-0.05, 0) is 13.3 Å². The number of esters is 1. The maximum absolute atomic E-state index is 12.4. The van der Waals surface area contributed by atoms with E-state index < -0.39 is 23.9 Å². The largest absolute Gasteiger partial charge is 0.462 e. The molecule has 3 unspecified atom stereocenters. The highest BCUT2D eigenvalue weighted by Gasteiger charge is 2.54. The molecule has 2 aliphatic heterocycles. The molecule has 24 heavy (non-hydrogen) atoms. The number of carbonyl (C=O) groups is 3. The third-order valence-electron chi connectivity index (χ3n) is 3.88. The number of amides is 2. The fourth-order valence-corrected chi connectivity index (χ4v) is 2.78. The Balaban J connectivity index is 1.89. The first-order valence-corrected chi connectivity index (χ1v) is 8.36. The van der Waals surface area contributed by atoms with Crippen molar-refractivity contribution in [2.24, 2.45) is 11.8 Å². The van der Waals surface area contributed by atoms with Gasteiger partial charge in [0.05, 0.1) is 31.2 Å². The molecule has 0 radical (unpaired) electrons. The average molecular weight is 351 g/mol. The van der Waals surface area contributed by atoms with Crippen LogP contribution in [0.5, 0.6) is 0 Å². The van der Waals surface area contributed by atoms with Crippen LogP contribution in [0.25, 0.3) is 0 Å². The molecular formula is C17H21NO5S. The topological polar surface area (TPSA) is 72.9 Å². The lowest BCUT2D eigenvalue weighted by atomic mass is 9.93. The highest BCUT2D eigenvalue weighted by atomic mass is 32.1. The maximum atomic E-state index is 12.4. The summed E-state index contributed by atoms with van der Waals surface area (Å²) >= 11 is 4.03. The summed E-state index contributed by atoms with van der Waals surface area (Å²) < 4.78 is 10.5. The van der Waals surface area contributed by atoms with Crippen LogP contribution in [0.1, 0.15) is 13.3 Å². The zero-order valence-electron chi connectivity index (χ0n) is 13.5. The Morgan fingerprint density at radius 2 is 2.17 bits per heavy atom. The number of fused-ring (bicyclic) bond motifs is 1. The van der Waals surface area contributed by atoms with Gasteiger partial charge in [0, 0.05) is 17.5 Å². The van der Waals surface area contributed by atoms with Crippen LogP contribution in [0.2, 0.25) is 0 Å². The normalized spacial score (nSPS) is 26.6. The van der Waals surface area contributed by atoms with Gasteiger partial charge >= 0.3 is 5.97 Å². The summed E-state index contributed by atoms with van der Waals surface area (Å²) in [5.74, 6) is -1.37. The lowest BCUT2D eigenvalue weighted by Gasteiger charge is -2.14. The van der Waals surface area contributed by atoms with Crippen molar-refractivity contribution in [3.05, 3.63) is 36.6 Å². The molecule has 0 N–H and O–H groups in total. The number of ether oxygens (including phenoxy) is 2. The van der Waals surface area contributed by atoms with Gasteiger partial charge in [-0.2, -0.15) is 12.6 Å². The quantitative estimate of drug-likeness (QED) is 0.188. The monoisotopic (exact) mass is 351 g/mol. The van der Waals surface area contributed by atoms with Gasteiger partial charge in [0.25, 0.3) is 0 Å². The first-order chi connectivity index (χ1) is 11.5. The zero-order valence-corrected chi connectivity index (χ0v) is 14.4. The van der Waals surface area contributed by atoms with Crippen LogP contribution in [0.15, 0.2) is 36.6 Å². The van der Waals surface area contributed by atoms with E-state index in [0.717, 1.165) is 4.90 Å². The lowest BCUT2D eigenvalue weighted by Crippen LogP contribution is -2.29. The summed E-state index contributed by atoms with van der Waals surface area (Å²) in [6.45, 7) is 5.55. The van der Waals surface area contributed by atoms with Gasteiger partial charge in [0.1, 0.15) is 0 Å². The molecule has 3 atom stereocenters. The molecule has 130 valence electrons. The number of imide groups is 1. The summed E-state index contributed by atoms with van der Waals surface area (Å²) in [6.07, 6.45) is 6.76. The smallest absolute Gasteiger partial charge is 0.333 e. The molecule has 0 aromatic heterocycles. The molecule has 0 aromatic rings. The second-order valence-electron chi connectivity index (χ2n) is 5.68. The van der Waals surface area contributed by atoms with E-state index in [4.69, 9.17) is 9.47 Å². The first kappa shape index (κ1) is 18.5. The van der Waals surface area contributed by atoms with Gasteiger partial charge in [0.2, 0.25) is 11.8 Å². The van der Waals surface area contributed by atoms with Crippen LogP contribution in [0.3, 0.4) is 0 Å². The van der Waals surface area contributed by atoms with Crippen molar-refractivity contribution in [3.63, 3.8) is 0 Å². The van der Waals surface area contributed by atoms with Crippen molar-refractivity contribution in [1.82, 2.24) is 4.90 Å². The number of likely N-dealkylation sites (tertiary alicyclic amines) is 1. The van der Waals surface area contributed by atoms with Gasteiger partial charge in [-0.3, -0.25) is 14.5 Å². The van der Waals surface area contributed by atoms with E-state index in [1.165, 1.54) is 6.20 Å². The first-order valence-electron chi connectivity index (χ1n) is 7.72. The Bertz CT molecular complexity index is 598. The van der Waals surface area contributed by atoms with E-state index in [1.54, 1.807) is 25.2 Å². The van der Waals surface area contributed by atoms with E-state index in [9.17, 15) is 14.4 Å². The van der Waals surface area contributed by atoms with E-state index >= 15 is 0 Å². The van der Waals surface area contributed by atoms with Crippen LogP contribution in [-0.2, 0) is 23.9 Å². The Hall–Kier alpha value is -1.86. The lowest BCUT2D eigenvalue weighted by molar-refractivity contribution is -0.139. The molecule has 6 nitrogen and oxygen atoms in total. The molecule has 0 aromatic carbocycles. The fourth-order valence-electron chi connectivity index (χ4n) is 2.68. The van der Waals surface area contributed by atoms with Gasteiger partial charge in [0.15, 0.2) is 0 Å². The standard InChI is InChI=1S/C17H21NO5S/c1-11(2)17(21)22-8-4-3-6-13-14-12(10-23-13)15(19)18(16(14)20)7-5-9-24/h3,5-7,12-14,24H,1,4,8-10H2,2H3/b6-3-,7-5+. The number of hydrogen-bond donors (Lipinski definition) is 1. The summed E-state index contributed by atoms with van der Waals surface area (Å²) in [4.78, 5) is 37.0. The van der Waals surface area contributed by atoms with Crippen LogP contribution >= 0.6 is 12.6 Å². The molecule has 0 bridgehead atoms. The van der Waals surface area contributed by atoms with Crippen LogP contribution in [0.4, 0.5) is 0 Å². The number of rotatable bonds is 7. The number of nitrogens with zero attached hydrogens (tertiary/aromatic N) is 1. The number of hydrogen-bond acceptors (Lipinski definition) is 6. The number of thiol groups is 1. The molecule has 2 amide bonds. The minimum absolute atomic E-state index is 0.227. The molecule has 2 fully saturated rings. The minimum atomic E-state index is -0.490. The SMILES string of the molecule is C=C(C)C(=O)OCC/C=C\C1OCC2C(=O)N(/C=C/CS)C(=O)C12. The summed E-state index contributed by atoms with van der Waals surface area (Å²) in [5, 5.41) is 0. The van der Waals surface area contributed by atoms with Crippen LogP contribution in [0, 0.1) is 11.8 Å². The second kappa shape index (κ2) is 8.30. The predicted molar refractivity (Wildman–Crippen MR) is 91.1 cm³/mol. The third-order valence-corrected chi connectivity index (χ3v) is 4.10. The van der Waals surface area contributed by atoms with Crippen LogP contribution in [-0.4, -0.2) is 47.8 Å². The van der Waals surface area contributed by atoms with Crippen LogP contribution < -0.4 is 0 Å². The highest BCUT2D eigenvalue weighted by molar-refractivity contribution is 7.80. The van der Waals surface area contributed by atoms with Gasteiger partial charge in [-0.1, -0.05) is 24.8 Å². The molecule has 7 heteroatoms. The van der Waals surface area contributed by atoms with Crippen molar-refractivity contribution >= 4 is 30.4 Å². The Labute approximate surface area is 146 Å². The molecule has 0 spiro atoms. The number of carbonyl (C=O) groups excluding carboxylic acids is 3. The summed E-state index contributed by atoms with van der Waals surface area (Å²) in [5.41, 5.74) is 0.352. The van der Waals surface area contributed by atoms with Crippen molar-refractivity contribution in [2.75, 3.05) is 19.0 Å². The van der Waals surface area contributed by atoms with Gasteiger partial charge < -0.3 is 9.47 Å². The maximum Gasteiger partial charge on any atom is 0.333 e. The Morgan fingerprint density at radius 1 is 1.42 bits per heavy atom. The summed E-state index contributed by atoms with van der Waals surface area (Å²) in [6, 6.07) is 0. The molecule has 2 rings (SSSR count). The van der Waals surface area contributed by atoms with Crippen molar-refractivity contribution in [1.29, 1.82) is 0 Å². The van der Waals surface area contributed by atoms with Gasteiger partial charge in [-0.25, -0.2) is 4.79 Å². The molecule has 0 saturated carbocycles. The van der Waals surface area contributed by atoms with Crippen molar-refractivity contribution < 1.29 is 23.9 Å².